The average Bonchev–Trinajstić information content (AvgIpc) is 3.05. The SMILES string of the molecule is CC1CC(C2N=Cc3sccc3N2O)CC(c2ccc(Cl)cc2)N1. The Morgan fingerprint density at radius 1 is 1.25 bits per heavy atom. The first kappa shape index (κ1) is 16.1. The van der Waals surface area contributed by atoms with Crippen molar-refractivity contribution in [2.24, 2.45) is 10.9 Å². The Bertz CT molecular complexity index is 745. The number of benzene rings is 1. The molecule has 1 fully saturated rings. The molecule has 6 heteroatoms. The molecule has 1 saturated heterocycles. The van der Waals surface area contributed by atoms with E-state index in [0.29, 0.717) is 6.04 Å². The molecule has 4 atom stereocenters. The van der Waals surface area contributed by atoms with Crippen LogP contribution in [0, 0.1) is 5.92 Å². The summed E-state index contributed by atoms with van der Waals surface area (Å²) in [6, 6.07) is 10.6. The van der Waals surface area contributed by atoms with Gasteiger partial charge in [0.2, 0.25) is 0 Å². The number of fused-ring (bicyclic) bond motifs is 1. The van der Waals surface area contributed by atoms with Crippen molar-refractivity contribution in [2.75, 3.05) is 5.06 Å². The molecule has 4 unspecified atom stereocenters. The minimum absolute atomic E-state index is 0.216. The fourth-order valence-corrected chi connectivity index (χ4v) is 4.65. The smallest absolute Gasteiger partial charge is 0.148 e. The number of thiophene rings is 1. The summed E-state index contributed by atoms with van der Waals surface area (Å²) >= 11 is 7.61. The van der Waals surface area contributed by atoms with E-state index >= 15 is 0 Å². The minimum atomic E-state index is -0.216. The van der Waals surface area contributed by atoms with E-state index < -0.39 is 0 Å². The molecule has 0 saturated carbocycles. The van der Waals surface area contributed by atoms with E-state index in [1.54, 1.807) is 11.3 Å². The minimum Gasteiger partial charge on any atom is -0.307 e. The van der Waals surface area contributed by atoms with Gasteiger partial charge in [-0.3, -0.25) is 10.2 Å². The number of rotatable bonds is 2. The van der Waals surface area contributed by atoms with Crippen molar-refractivity contribution in [3.8, 4) is 0 Å². The van der Waals surface area contributed by atoms with Crippen molar-refractivity contribution >= 4 is 34.8 Å². The van der Waals surface area contributed by atoms with E-state index in [4.69, 9.17) is 11.6 Å². The van der Waals surface area contributed by atoms with Crippen LogP contribution in [0.3, 0.4) is 0 Å². The molecule has 2 N–H and O–H groups in total. The lowest BCUT2D eigenvalue weighted by Gasteiger charge is -2.41. The van der Waals surface area contributed by atoms with Crippen LogP contribution in [-0.4, -0.2) is 23.6 Å². The van der Waals surface area contributed by atoms with E-state index in [1.807, 2.05) is 29.8 Å². The van der Waals surface area contributed by atoms with Crippen LogP contribution < -0.4 is 10.4 Å². The van der Waals surface area contributed by atoms with Gasteiger partial charge in [0.1, 0.15) is 6.17 Å². The molecule has 0 radical (unpaired) electrons. The van der Waals surface area contributed by atoms with Crippen molar-refractivity contribution in [3.05, 3.63) is 51.2 Å². The Balaban J connectivity index is 1.56. The van der Waals surface area contributed by atoms with E-state index in [-0.39, 0.29) is 18.1 Å². The number of piperidine rings is 1. The molecule has 4 nitrogen and oxygen atoms in total. The number of hydrogen-bond donors (Lipinski definition) is 2. The summed E-state index contributed by atoms with van der Waals surface area (Å²) in [6.07, 6.45) is 3.61. The largest absolute Gasteiger partial charge is 0.307 e. The molecule has 1 aromatic carbocycles. The van der Waals surface area contributed by atoms with Gasteiger partial charge < -0.3 is 5.32 Å². The number of nitrogens with zero attached hydrogens (tertiary/aromatic N) is 2. The normalized spacial score (nSPS) is 29.5. The average molecular weight is 362 g/mol. The number of hydrogen-bond acceptors (Lipinski definition) is 5. The van der Waals surface area contributed by atoms with Crippen LogP contribution in [0.25, 0.3) is 0 Å². The highest BCUT2D eigenvalue weighted by Gasteiger charge is 2.36. The number of aliphatic imine (C=N–C) groups is 1. The van der Waals surface area contributed by atoms with E-state index in [1.165, 1.54) is 10.6 Å². The third-order valence-corrected chi connectivity index (χ3v) is 5.98. The maximum atomic E-state index is 10.6. The maximum absolute atomic E-state index is 10.6. The molecular weight excluding hydrogens is 342 g/mol. The Morgan fingerprint density at radius 3 is 2.83 bits per heavy atom. The van der Waals surface area contributed by atoms with Gasteiger partial charge in [-0.05, 0) is 48.9 Å². The number of nitrogens with one attached hydrogen (secondary N) is 1. The highest BCUT2D eigenvalue weighted by atomic mass is 35.5. The van der Waals surface area contributed by atoms with Crippen LogP contribution >= 0.6 is 22.9 Å². The molecule has 0 amide bonds. The van der Waals surface area contributed by atoms with E-state index in [0.717, 1.165) is 28.4 Å². The van der Waals surface area contributed by atoms with Gasteiger partial charge in [-0.25, -0.2) is 5.06 Å². The quantitative estimate of drug-likeness (QED) is 0.828. The first-order valence-electron chi connectivity index (χ1n) is 8.22. The molecule has 1 aromatic heterocycles. The fourth-order valence-electron chi connectivity index (χ4n) is 3.77. The van der Waals surface area contributed by atoms with Gasteiger partial charge in [0.05, 0.1) is 10.6 Å². The monoisotopic (exact) mass is 361 g/mol. The van der Waals surface area contributed by atoms with Crippen LogP contribution in [-0.2, 0) is 0 Å². The zero-order valence-electron chi connectivity index (χ0n) is 13.4. The summed E-state index contributed by atoms with van der Waals surface area (Å²) in [6.45, 7) is 2.19. The lowest BCUT2D eigenvalue weighted by Crippen LogP contribution is -2.47. The Morgan fingerprint density at radius 2 is 2.04 bits per heavy atom. The topological polar surface area (TPSA) is 47.9 Å². The van der Waals surface area contributed by atoms with Crippen molar-refractivity contribution < 1.29 is 5.21 Å². The van der Waals surface area contributed by atoms with Gasteiger partial charge in [0.15, 0.2) is 0 Å². The zero-order chi connectivity index (χ0) is 16.7. The lowest BCUT2D eigenvalue weighted by atomic mass is 9.83. The summed E-state index contributed by atoms with van der Waals surface area (Å²) in [5.41, 5.74) is 2.10. The van der Waals surface area contributed by atoms with Gasteiger partial charge in [-0.1, -0.05) is 23.7 Å². The fraction of sp³-hybridized carbons (Fsp3) is 0.389. The molecule has 2 aliphatic heterocycles. The standard InChI is InChI=1S/C18H20ClN3OS/c1-11-8-13(9-15(21-11)12-2-4-14(19)5-3-12)18-20-10-17-16(22(18)23)6-7-24-17/h2-7,10-11,13,15,18,21,23H,8-9H2,1H3. The van der Waals surface area contributed by atoms with Crippen LogP contribution in [0.4, 0.5) is 5.69 Å². The summed E-state index contributed by atoms with van der Waals surface area (Å²) in [5.74, 6) is 0.288. The van der Waals surface area contributed by atoms with E-state index in [2.05, 4.69) is 29.4 Å². The molecule has 0 spiro atoms. The first-order chi connectivity index (χ1) is 11.6. The Kier molecular flexibility index (Phi) is 4.35. The summed E-state index contributed by atoms with van der Waals surface area (Å²) in [5, 5.41) is 18.4. The predicted molar refractivity (Wildman–Crippen MR) is 99.5 cm³/mol. The molecule has 2 aliphatic rings. The van der Waals surface area contributed by atoms with Gasteiger partial charge in [0, 0.05) is 29.2 Å². The lowest BCUT2D eigenvalue weighted by molar-refractivity contribution is 0.141. The maximum Gasteiger partial charge on any atom is 0.148 e. The second-order valence-electron chi connectivity index (χ2n) is 6.61. The van der Waals surface area contributed by atoms with Crippen molar-refractivity contribution in [2.45, 2.75) is 38.0 Å². The van der Waals surface area contributed by atoms with Crippen LogP contribution in [0.1, 0.15) is 36.2 Å². The molecule has 0 bridgehead atoms. The summed E-state index contributed by atoms with van der Waals surface area (Å²) in [4.78, 5) is 5.66. The van der Waals surface area contributed by atoms with Gasteiger partial charge in [-0.2, -0.15) is 0 Å². The molecule has 2 aromatic rings. The Hall–Kier alpha value is -1.40. The van der Waals surface area contributed by atoms with Crippen LogP contribution in [0.15, 0.2) is 40.7 Å². The van der Waals surface area contributed by atoms with Crippen molar-refractivity contribution in [1.29, 1.82) is 0 Å². The molecular formula is C18H20ClN3OS. The number of hydroxylamine groups is 1. The highest BCUT2D eigenvalue weighted by molar-refractivity contribution is 7.12. The molecule has 24 heavy (non-hydrogen) atoms. The van der Waals surface area contributed by atoms with Gasteiger partial charge in [0.25, 0.3) is 0 Å². The second kappa shape index (κ2) is 6.48. The first-order valence-corrected chi connectivity index (χ1v) is 9.48. The van der Waals surface area contributed by atoms with Crippen molar-refractivity contribution in [3.63, 3.8) is 0 Å². The van der Waals surface area contributed by atoms with Crippen LogP contribution in [0.5, 0.6) is 0 Å². The van der Waals surface area contributed by atoms with Crippen molar-refractivity contribution in [1.82, 2.24) is 5.32 Å². The molecule has 0 aliphatic carbocycles. The predicted octanol–water partition coefficient (Wildman–Crippen LogP) is 4.49. The third kappa shape index (κ3) is 2.97. The van der Waals surface area contributed by atoms with E-state index in [9.17, 15) is 5.21 Å². The second-order valence-corrected chi connectivity index (χ2v) is 7.99. The van der Waals surface area contributed by atoms with Gasteiger partial charge >= 0.3 is 0 Å². The summed E-state index contributed by atoms with van der Waals surface area (Å²) < 4.78 is 0. The van der Waals surface area contributed by atoms with Gasteiger partial charge in [-0.15, -0.1) is 11.3 Å². The zero-order valence-corrected chi connectivity index (χ0v) is 15.0. The molecule has 126 valence electrons. The van der Waals surface area contributed by atoms with Crippen LogP contribution in [0.2, 0.25) is 5.02 Å². The molecule has 3 heterocycles. The summed E-state index contributed by atoms with van der Waals surface area (Å²) in [7, 11) is 0. The number of halogens is 1. The third-order valence-electron chi connectivity index (χ3n) is 4.89. The molecule has 4 rings (SSSR count). The number of anilines is 1. The Labute approximate surface area is 150 Å². The highest BCUT2D eigenvalue weighted by Crippen LogP contribution is 2.38.